The lowest BCUT2D eigenvalue weighted by atomic mass is 10.4. The molecule has 0 aliphatic rings. The molecule has 1 N–H and O–H groups in total. The van der Waals surface area contributed by atoms with Crippen LogP contribution in [0.1, 0.15) is 4.88 Å². The van der Waals surface area contributed by atoms with Crippen molar-refractivity contribution >= 4 is 63.1 Å². The maximum absolute atomic E-state index is 11.5. The third kappa shape index (κ3) is 6.40. The Morgan fingerprint density at radius 2 is 2.05 bits per heavy atom. The number of likely N-dealkylation sites (N-methyl/N-ethyl adjacent to an activating group) is 1. The molecule has 0 bridgehead atoms. The first kappa shape index (κ1) is 19.7. The predicted molar refractivity (Wildman–Crippen MR) is 99.0 cm³/mol. The molecule has 8 heteroatoms. The number of hydrogen-bond donors (Lipinski definition) is 1. The lowest BCUT2D eigenvalue weighted by molar-refractivity contribution is -0.127. The third-order valence-corrected chi connectivity index (χ3v) is 4.10. The smallest absolute Gasteiger partial charge is 0.241 e. The van der Waals surface area contributed by atoms with Crippen LogP contribution < -0.4 is 5.32 Å². The highest BCUT2D eigenvalue weighted by atomic mass is 127. The van der Waals surface area contributed by atoms with Crippen molar-refractivity contribution in [2.24, 2.45) is 4.99 Å². The Kier molecular flexibility index (Phi) is 9.39. The van der Waals surface area contributed by atoms with E-state index in [0.717, 1.165) is 10.3 Å². The minimum Gasteiger partial charge on any atom is -0.347 e. The number of nitrogens with one attached hydrogen (secondary N) is 1. The molecule has 0 radical (unpaired) electrons. The number of nitrogens with zero attached hydrogens (tertiary/aromatic N) is 3. The van der Waals surface area contributed by atoms with Gasteiger partial charge in [-0.1, -0.05) is 0 Å². The molecule has 0 aliphatic carbocycles. The molecule has 1 heterocycles. The normalized spacial score (nSPS) is 10.8. The molecule has 1 aromatic rings. The number of carbonyl (C=O) groups is 1. The molecule has 0 saturated carbocycles. The van der Waals surface area contributed by atoms with Gasteiger partial charge in [-0.3, -0.25) is 9.79 Å². The Morgan fingerprint density at radius 1 is 1.40 bits per heavy atom. The van der Waals surface area contributed by atoms with Crippen LogP contribution in [0.3, 0.4) is 0 Å². The summed E-state index contributed by atoms with van der Waals surface area (Å²) in [5.41, 5.74) is 0. The van der Waals surface area contributed by atoms with Crippen LogP contribution in [0, 0.1) is 0 Å². The third-order valence-electron chi connectivity index (χ3n) is 2.49. The van der Waals surface area contributed by atoms with Crippen molar-refractivity contribution < 1.29 is 4.79 Å². The first-order valence-electron chi connectivity index (χ1n) is 5.80. The fourth-order valence-corrected chi connectivity index (χ4v) is 2.98. The summed E-state index contributed by atoms with van der Waals surface area (Å²) >= 11 is 5.14. The molecular weight excluding hydrogens is 455 g/mol. The van der Waals surface area contributed by atoms with Gasteiger partial charge in [-0.2, -0.15) is 0 Å². The Balaban J connectivity index is 0.00000361. The van der Waals surface area contributed by atoms with Gasteiger partial charge in [0, 0.05) is 33.1 Å². The molecule has 0 aromatic carbocycles. The lowest BCUT2D eigenvalue weighted by Crippen LogP contribution is -2.43. The molecule has 0 spiro atoms. The summed E-state index contributed by atoms with van der Waals surface area (Å²) in [6, 6.07) is 4.10. The summed E-state index contributed by atoms with van der Waals surface area (Å²) in [6.45, 7) is 1.00. The van der Waals surface area contributed by atoms with E-state index in [2.05, 4.69) is 32.3 Å². The fraction of sp³-hybridized carbons (Fsp3) is 0.500. The van der Waals surface area contributed by atoms with Gasteiger partial charge in [0.15, 0.2) is 5.96 Å². The molecule has 0 fully saturated rings. The minimum absolute atomic E-state index is 0. The zero-order valence-corrected chi connectivity index (χ0v) is 16.7. The molecule has 1 rings (SSSR count). The van der Waals surface area contributed by atoms with Crippen molar-refractivity contribution in [3.63, 3.8) is 0 Å². The maximum atomic E-state index is 11.5. The molecule has 0 atom stereocenters. The summed E-state index contributed by atoms with van der Waals surface area (Å²) in [7, 11) is 7.13. The number of carbonyl (C=O) groups excluding carboxylic acids is 1. The van der Waals surface area contributed by atoms with Gasteiger partial charge in [-0.15, -0.1) is 35.3 Å². The Labute approximate surface area is 149 Å². The van der Waals surface area contributed by atoms with Crippen LogP contribution >= 0.6 is 51.2 Å². The highest BCUT2D eigenvalue weighted by molar-refractivity contribution is 14.0. The van der Waals surface area contributed by atoms with E-state index in [-0.39, 0.29) is 36.4 Å². The molecule has 0 saturated heterocycles. The summed E-state index contributed by atoms with van der Waals surface area (Å²) < 4.78 is 1.11. The number of hydrogen-bond acceptors (Lipinski definition) is 3. The van der Waals surface area contributed by atoms with Gasteiger partial charge in [-0.25, -0.2) is 0 Å². The highest BCUT2D eigenvalue weighted by Crippen LogP contribution is 2.22. The Bertz CT molecular complexity index is 464. The van der Waals surface area contributed by atoms with Crippen LogP contribution in [0.15, 0.2) is 20.9 Å². The molecule has 1 amide bonds. The molecule has 5 nitrogen and oxygen atoms in total. The van der Waals surface area contributed by atoms with E-state index in [4.69, 9.17) is 0 Å². The van der Waals surface area contributed by atoms with Crippen LogP contribution in [0.25, 0.3) is 0 Å². The van der Waals surface area contributed by atoms with E-state index in [0.29, 0.717) is 5.96 Å². The van der Waals surface area contributed by atoms with Gasteiger partial charge in [-0.05, 0) is 28.1 Å². The average molecular weight is 475 g/mol. The Hall–Kier alpha value is -0.350. The monoisotopic (exact) mass is 474 g/mol. The molecule has 114 valence electrons. The first-order valence-corrected chi connectivity index (χ1v) is 7.41. The highest BCUT2D eigenvalue weighted by Gasteiger charge is 2.10. The standard InChI is InChI=1S/C12H19BrN4OS.HI/c1-14-12(15-7-11(18)16(2)3)17(4)8-9-5-6-10(13)19-9;/h5-6H,7-8H2,1-4H3,(H,14,15);1H. The van der Waals surface area contributed by atoms with E-state index in [1.807, 2.05) is 18.0 Å². The van der Waals surface area contributed by atoms with E-state index in [1.54, 1.807) is 37.4 Å². The Morgan fingerprint density at radius 3 is 2.50 bits per heavy atom. The first-order chi connectivity index (χ1) is 8.93. The van der Waals surface area contributed by atoms with Crippen molar-refractivity contribution in [1.82, 2.24) is 15.1 Å². The number of amides is 1. The summed E-state index contributed by atoms with van der Waals surface area (Å²) in [4.78, 5) is 20.5. The van der Waals surface area contributed by atoms with Gasteiger partial charge >= 0.3 is 0 Å². The van der Waals surface area contributed by atoms with Crippen molar-refractivity contribution in [1.29, 1.82) is 0 Å². The van der Waals surface area contributed by atoms with Gasteiger partial charge < -0.3 is 15.1 Å². The topological polar surface area (TPSA) is 47.9 Å². The van der Waals surface area contributed by atoms with Crippen LogP contribution in [0.4, 0.5) is 0 Å². The molecular formula is C12H20BrIN4OS. The van der Waals surface area contributed by atoms with E-state index in [9.17, 15) is 4.79 Å². The van der Waals surface area contributed by atoms with Gasteiger partial charge in [0.1, 0.15) is 0 Å². The van der Waals surface area contributed by atoms with E-state index in [1.165, 1.54) is 4.88 Å². The number of aliphatic imine (C=N–C) groups is 1. The van der Waals surface area contributed by atoms with Crippen LogP contribution in [-0.2, 0) is 11.3 Å². The van der Waals surface area contributed by atoms with Crippen LogP contribution in [0.5, 0.6) is 0 Å². The number of thiophene rings is 1. The zero-order valence-electron chi connectivity index (χ0n) is 12.0. The van der Waals surface area contributed by atoms with Gasteiger partial charge in [0.25, 0.3) is 0 Å². The van der Waals surface area contributed by atoms with Crippen molar-refractivity contribution in [2.45, 2.75) is 6.54 Å². The lowest BCUT2D eigenvalue weighted by Gasteiger charge is -2.22. The van der Waals surface area contributed by atoms with Crippen LogP contribution in [-0.4, -0.2) is 56.4 Å². The van der Waals surface area contributed by atoms with Crippen LogP contribution in [0.2, 0.25) is 0 Å². The average Bonchev–Trinajstić information content (AvgIpc) is 2.75. The minimum atomic E-state index is 0. The quantitative estimate of drug-likeness (QED) is 0.413. The summed E-state index contributed by atoms with van der Waals surface area (Å²) in [5, 5.41) is 3.05. The van der Waals surface area contributed by atoms with Crippen molar-refractivity contribution in [3.05, 3.63) is 20.8 Å². The molecule has 0 unspecified atom stereocenters. The SMILES string of the molecule is CN=C(NCC(=O)N(C)C)N(C)Cc1ccc(Br)s1.I. The number of guanidine groups is 1. The van der Waals surface area contributed by atoms with E-state index < -0.39 is 0 Å². The van der Waals surface area contributed by atoms with Crippen molar-refractivity contribution in [2.75, 3.05) is 34.7 Å². The van der Waals surface area contributed by atoms with Gasteiger partial charge in [0.2, 0.25) is 5.91 Å². The molecule has 0 aliphatic heterocycles. The van der Waals surface area contributed by atoms with E-state index >= 15 is 0 Å². The molecule has 20 heavy (non-hydrogen) atoms. The zero-order chi connectivity index (χ0) is 14.4. The van der Waals surface area contributed by atoms with Gasteiger partial charge in [0.05, 0.1) is 16.9 Å². The molecule has 1 aromatic heterocycles. The maximum Gasteiger partial charge on any atom is 0.241 e. The number of rotatable bonds is 4. The largest absolute Gasteiger partial charge is 0.347 e. The second-order valence-electron chi connectivity index (χ2n) is 4.25. The predicted octanol–water partition coefficient (Wildman–Crippen LogP) is 2.22. The summed E-state index contributed by atoms with van der Waals surface area (Å²) in [6.07, 6.45) is 0. The fourth-order valence-electron chi connectivity index (χ4n) is 1.44. The number of halogens is 2. The second-order valence-corrected chi connectivity index (χ2v) is 6.80. The second kappa shape index (κ2) is 9.56. The summed E-state index contributed by atoms with van der Waals surface area (Å²) in [5.74, 6) is 0.730. The van der Waals surface area contributed by atoms with Crippen molar-refractivity contribution in [3.8, 4) is 0 Å².